The van der Waals surface area contributed by atoms with Gasteiger partial charge in [0.1, 0.15) is 0 Å². The maximum atomic E-state index is 11.2. The van der Waals surface area contributed by atoms with E-state index in [0.29, 0.717) is 6.42 Å². The van der Waals surface area contributed by atoms with E-state index in [-0.39, 0.29) is 42.6 Å². The van der Waals surface area contributed by atoms with E-state index in [1.807, 2.05) is 6.07 Å². The van der Waals surface area contributed by atoms with Crippen LogP contribution >= 0.6 is 0 Å². The average Bonchev–Trinajstić information content (AvgIpc) is 2.37. The third-order valence-corrected chi connectivity index (χ3v) is 4.25. The van der Waals surface area contributed by atoms with Crippen LogP contribution in [0.5, 0.6) is 0 Å². The Morgan fingerprint density at radius 1 is 0.950 bits per heavy atom. The van der Waals surface area contributed by atoms with E-state index in [2.05, 4.69) is 6.92 Å². The van der Waals surface area contributed by atoms with Crippen molar-refractivity contribution in [2.45, 2.75) is 63.2 Å². The molecule has 0 heterocycles. The van der Waals surface area contributed by atoms with Crippen molar-refractivity contribution >= 4 is 47.9 Å². The van der Waals surface area contributed by atoms with Crippen LogP contribution in [-0.2, 0) is 16.5 Å². The summed E-state index contributed by atoms with van der Waals surface area (Å²) in [5, 5.41) is 0. The van der Waals surface area contributed by atoms with Crippen LogP contribution < -0.4 is 0 Å². The summed E-state index contributed by atoms with van der Waals surface area (Å²) in [6.07, 6.45) is 9.10. The monoisotopic (exact) mass is 326 g/mol. The maximum absolute atomic E-state index is 11.2. The van der Waals surface area contributed by atoms with E-state index in [1.54, 1.807) is 12.1 Å². The molecule has 1 aromatic carbocycles. The molecule has 0 saturated carbocycles. The molecule has 0 amide bonds. The van der Waals surface area contributed by atoms with Gasteiger partial charge in [0.2, 0.25) is 0 Å². The van der Waals surface area contributed by atoms with Gasteiger partial charge in [-0.05, 0) is 24.5 Å². The summed E-state index contributed by atoms with van der Waals surface area (Å²) in [5.41, 5.74) is 0.721. The molecule has 0 bridgehead atoms. The fourth-order valence-electron chi connectivity index (χ4n) is 2.23. The van der Waals surface area contributed by atoms with Gasteiger partial charge in [-0.15, -0.1) is 0 Å². The quantitative estimate of drug-likeness (QED) is 0.430. The minimum atomic E-state index is -4.09. The Kier molecular flexibility index (Phi) is 11.2. The first kappa shape index (κ1) is 20.4. The van der Waals surface area contributed by atoms with Gasteiger partial charge in [-0.25, -0.2) is 0 Å². The molecule has 0 fully saturated rings. The van der Waals surface area contributed by atoms with Crippen molar-refractivity contribution in [1.29, 1.82) is 0 Å². The summed E-state index contributed by atoms with van der Waals surface area (Å²) in [6.45, 7) is 2.20. The van der Waals surface area contributed by atoms with Crippen LogP contribution in [0.15, 0.2) is 29.2 Å². The van der Waals surface area contributed by atoms with E-state index in [9.17, 15) is 8.42 Å². The molecule has 0 unspecified atom stereocenters. The number of hydrogen-bond donors (Lipinski definition) is 1. The summed E-state index contributed by atoms with van der Waals surface area (Å²) < 4.78 is 31.6. The number of benzene rings is 1. The SMILES string of the molecule is CCCCCCCCCc1ccccc1S(=O)(=O)O.[CaH2]. The van der Waals surface area contributed by atoms with Gasteiger partial charge in [-0.2, -0.15) is 8.42 Å². The summed E-state index contributed by atoms with van der Waals surface area (Å²) in [6, 6.07) is 6.69. The molecule has 0 aliphatic rings. The van der Waals surface area contributed by atoms with Gasteiger partial charge in [0.05, 0.1) is 4.90 Å². The predicted molar refractivity (Wildman–Crippen MR) is 86.5 cm³/mol. The van der Waals surface area contributed by atoms with Crippen LogP contribution in [0.4, 0.5) is 0 Å². The topological polar surface area (TPSA) is 54.4 Å². The molecular formula is C15H26CaO3S. The fourth-order valence-corrected chi connectivity index (χ4v) is 2.99. The first-order chi connectivity index (χ1) is 9.05. The van der Waals surface area contributed by atoms with Crippen molar-refractivity contribution in [2.24, 2.45) is 0 Å². The van der Waals surface area contributed by atoms with Crippen molar-refractivity contribution in [2.75, 3.05) is 0 Å². The summed E-state index contributed by atoms with van der Waals surface area (Å²) in [5.74, 6) is 0. The normalized spacial score (nSPS) is 11.1. The van der Waals surface area contributed by atoms with Crippen LogP contribution in [-0.4, -0.2) is 50.7 Å². The summed E-state index contributed by atoms with van der Waals surface area (Å²) in [4.78, 5) is 0.0565. The molecule has 0 aliphatic heterocycles. The second-order valence-corrected chi connectivity index (χ2v) is 6.34. The molecule has 3 nitrogen and oxygen atoms in total. The molecule has 0 radical (unpaired) electrons. The van der Waals surface area contributed by atoms with Crippen LogP contribution in [0.2, 0.25) is 0 Å². The zero-order chi connectivity index (χ0) is 14.1. The van der Waals surface area contributed by atoms with E-state index in [0.717, 1.165) is 18.4 Å². The molecule has 112 valence electrons. The van der Waals surface area contributed by atoms with E-state index in [1.165, 1.54) is 38.2 Å². The van der Waals surface area contributed by atoms with Crippen molar-refractivity contribution in [3.63, 3.8) is 0 Å². The Hall–Kier alpha value is 0.390. The predicted octanol–water partition coefficient (Wildman–Crippen LogP) is 3.31. The Bertz CT molecular complexity index is 472. The molecule has 1 aromatic rings. The van der Waals surface area contributed by atoms with Crippen molar-refractivity contribution in [3.05, 3.63) is 29.8 Å². The van der Waals surface area contributed by atoms with Gasteiger partial charge < -0.3 is 0 Å². The molecule has 0 aromatic heterocycles. The zero-order valence-electron chi connectivity index (χ0n) is 11.6. The standard InChI is InChI=1S/C15H24O3S.Ca.2H/c1-2-3-4-5-6-7-8-11-14-12-9-10-13-15(14)19(16,17)18;;;/h9-10,12-13H,2-8,11H2,1H3,(H,16,17,18);;;. The van der Waals surface area contributed by atoms with E-state index < -0.39 is 10.1 Å². The second-order valence-electron chi connectivity index (χ2n) is 4.95. The van der Waals surface area contributed by atoms with Gasteiger partial charge in [0.15, 0.2) is 0 Å². The molecule has 20 heavy (non-hydrogen) atoms. The van der Waals surface area contributed by atoms with E-state index in [4.69, 9.17) is 4.55 Å². The molecule has 0 atom stereocenters. The summed E-state index contributed by atoms with van der Waals surface area (Å²) in [7, 11) is -4.09. The third kappa shape index (κ3) is 7.99. The Morgan fingerprint density at radius 3 is 2.10 bits per heavy atom. The average molecular weight is 327 g/mol. The van der Waals surface area contributed by atoms with Gasteiger partial charge >= 0.3 is 37.7 Å². The first-order valence-electron chi connectivity index (χ1n) is 7.11. The molecule has 1 rings (SSSR count). The van der Waals surface area contributed by atoms with Gasteiger partial charge in [-0.1, -0.05) is 63.6 Å². The number of hydrogen-bond acceptors (Lipinski definition) is 2. The molecule has 1 N–H and O–H groups in total. The van der Waals surface area contributed by atoms with E-state index >= 15 is 0 Å². The number of aryl methyl sites for hydroxylation is 1. The number of unbranched alkanes of at least 4 members (excludes halogenated alkanes) is 6. The fraction of sp³-hybridized carbons (Fsp3) is 0.600. The first-order valence-corrected chi connectivity index (χ1v) is 8.55. The van der Waals surface area contributed by atoms with Crippen LogP contribution in [0.3, 0.4) is 0 Å². The van der Waals surface area contributed by atoms with Crippen molar-refractivity contribution in [3.8, 4) is 0 Å². The number of rotatable bonds is 9. The zero-order valence-corrected chi connectivity index (χ0v) is 12.5. The van der Waals surface area contributed by atoms with Gasteiger partial charge in [-0.3, -0.25) is 4.55 Å². The molecular weight excluding hydrogens is 300 g/mol. The molecule has 0 saturated heterocycles. The molecule has 0 spiro atoms. The molecule has 0 aliphatic carbocycles. The summed E-state index contributed by atoms with van der Waals surface area (Å²) >= 11 is 0. The van der Waals surface area contributed by atoms with Gasteiger partial charge in [0.25, 0.3) is 10.1 Å². The van der Waals surface area contributed by atoms with Crippen LogP contribution in [0, 0.1) is 0 Å². The third-order valence-electron chi connectivity index (χ3n) is 3.30. The Morgan fingerprint density at radius 2 is 1.50 bits per heavy atom. The van der Waals surface area contributed by atoms with Crippen LogP contribution in [0.1, 0.15) is 57.4 Å². The van der Waals surface area contributed by atoms with Crippen LogP contribution in [0.25, 0.3) is 0 Å². The second kappa shape index (κ2) is 11.0. The minimum absolute atomic E-state index is 0. The Labute approximate surface area is 152 Å². The van der Waals surface area contributed by atoms with Crippen molar-refractivity contribution < 1.29 is 13.0 Å². The molecule has 5 heteroatoms. The van der Waals surface area contributed by atoms with Gasteiger partial charge in [0, 0.05) is 0 Å². The Balaban J connectivity index is 0.00000361. The van der Waals surface area contributed by atoms with Crippen molar-refractivity contribution in [1.82, 2.24) is 0 Å².